The van der Waals surface area contributed by atoms with Crippen molar-refractivity contribution in [3.8, 4) is 11.3 Å². The maximum Gasteiger partial charge on any atom is 0.183 e. The number of carbonyl (C=O) groups excluding carboxylic acids is 1. The molecule has 1 aromatic carbocycles. The number of halogens is 2. The van der Waals surface area contributed by atoms with Crippen LogP contribution in [0.3, 0.4) is 0 Å². The molecule has 0 bridgehead atoms. The molecule has 0 aliphatic carbocycles. The molecular weight excluding hydrogens is 464 g/mol. The van der Waals surface area contributed by atoms with Crippen LogP contribution in [0.2, 0.25) is 0 Å². The van der Waals surface area contributed by atoms with E-state index in [1.165, 1.54) is 10.7 Å². The molecule has 1 aliphatic heterocycles. The van der Waals surface area contributed by atoms with Crippen molar-refractivity contribution >= 4 is 22.6 Å². The van der Waals surface area contributed by atoms with Gasteiger partial charge in [-0.25, -0.2) is 23.4 Å². The van der Waals surface area contributed by atoms with E-state index in [0.29, 0.717) is 72.1 Å². The molecule has 36 heavy (non-hydrogen) atoms. The van der Waals surface area contributed by atoms with Crippen LogP contribution in [0.1, 0.15) is 29.9 Å². The van der Waals surface area contributed by atoms with Gasteiger partial charge in [0.15, 0.2) is 18.4 Å². The van der Waals surface area contributed by atoms with Gasteiger partial charge in [0, 0.05) is 56.0 Å². The van der Waals surface area contributed by atoms with Gasteiger partial charge in [-0.3, -0.25) is 14.7 Å². The molecule has 10 heteroatoms. The van der Waals surface area contributed by atoms with E-state index in [-0.39, 0.29) is 17.5 Å². The average Bonchev–Trinajstić information content (AvgIpc) is 3.38. The number of ketones is 1. The maximum absolute atomic E-state index is 14.1. The third kappa shape index (κ3) is 4.81. The van der Waals surface area contributed by atoms with Gasteiger partial charge in [-0.1, -0.05) is 32.0 Å². The minimum Gasteiger partial charge on any atom is -0.352 e. The molecule has 0 radical (unpaired) electrons. The van der Waals surface area contributed by atoms with Gasteiger partial charge in [0.05, 0.1) is 17.9 Å². The number of hydrogen-bond acceptors (Lipinski definition) is 7. The predicted molar refractivity (Wildman–Crippen MR) is 133 cm³/mol. The first-order valence-electron chi connectivity index (χ1n) is 11.9. The molecule has 0 atom stereocenters. The molecule has 3 aromatic heterocycles. The van der Waals surface area contributed by atoms with Crippen LogP contribution < -0.4 is 4.90 Å². The Morgan fingerprint density at radius 3 is 2.53 bits per heavy atom. The monoisotopic (exact) mass is 491 g/mol. The van der Waals surface area contributed by atoms with Crippen molar-refractivity contribution in [2.75, 3.05) is 31.1 Å². The van der Waals surface area contributed by atoms with Crippen LogP contribution in [0.25, 0.3) is 22.3 Å². The zero-order valence-corrected chi connectivity index (χ0v) is 20.2. The minimum atomic E-state index is -0.743. The molecule has 8 nitrogen and oxygen atoms in total. The number of anilines is 1. The first-order valence-corrected chi connectivity index (χ1v) is 11.9. The first-order chi connectivity index (χ1) is 17.4. The van der Waals surface area contributed by atoms with Crippen molar-refractivity contribution < 1.29 is 13.6 Å². The standard InChI is InChI=1S/C26H27F2N7O/c1-17(2)25(36)22-11-21-23(13-29-22)31-24(19-12-30-35(15-19)16-27)26(32-21)34-9-7-33(8-10-34)14-18-5-3-4-6-20(18)28/h3-6,11-13,15,17H,7-10,14,16H2,1-2H3. The fourth-order valence-electron chi connectivity index (χ4n) is 4.33. The zero-order valence-electron chi connectivity index (χ0n) is 20.2. The number of piperazine rings is 1. The Hall–Kier alpha value is -3.79. The maximum atomic E-state index is 14.1. The lowest BCUT2D eigenvalue weighted by Gasteiger charge is -2.36. The number of carbonyl (C=O) groups is 1. The smallest absolute Gasteiger partial charge is 0.183 e. The summed E-state index contributed by atoms with van der Waals surface area (Å²) in [4.78, 5) is 30.8. The lowest BCUT2D eigenvalue weighted by molar-refractivity contribution is 0.0934. The topological polar surface area (TPSA) is 80.0 Å². The summed E-state index contributed by atoms with van der Waals surface area (Å²) in [6.07, 6.45) is 4.71. The van der Waals surface area contributed by atoms with Gasteiger partial charge in [-0.05, 0) is 12.1 Å². The number of pyridine rings is 1. The Balaban J connectivity index is 1.47. The number of fused-ring (bicyclic) bond motifs is 1. The number of benzene rings is 1. The van der Waals surface area contributed by atoms with Crippen LogP contribution >= 0.6 is 0 Å². The van der Waals surface area contributed by atoms with E-state index in [2.05, 4.69) is 19.9 Å². The van der Waals surface area contributed by atoms with Gasteiger partial charge in [-0.2, -0.15) is 5.10 Å². The van der Waals surface area contributed by atoms with Gasteiger partial charge >= 0.3 is 0 Å². The highest BCUT2D eigenvalue weighted by Crippen LogP contribution is 2.30. The largest absolute Gasteiger partial charge is 0.352 e. The highest BCUT2D eigenvalue weighted by molar-refractivity contribution is 5.98. The fraction of sp³-hybridized carbons (Fsp3) is 0.346. The lowest BCUT2D eigenvalue weighted by Crippen LogP contribution is -2.46. The van der Waals surface area contributed by atoms with Gasteiger partial charge < -0.3 is 4.90 Å². The van der Waals surface area contributed by atoms with Crippen LogP contribution in [-0.2, 0) is 13.3 Å². The molecule has 1 saturated heterocycles. The molecule has 5 rings (SSSR count). The number of alkyl halides is 1. The van der Waals surface area contributed by atoms with E-state index in [1.54, 1.807) is 36.8 Å². The average molecular weight is 492 g/mol. The number of nitrogens with zero attached hydrogens (tertiary/aromatic N) is 7. The quantitative estimate of drug-likeness (QED) is 0.360. The summed E-state index contributed by atoms with van der Waals surface area (Å²) < 4.78 is 28.5. The highest BCUT2D eigenvalue weighted by Gasteiger charge is 2.24. The van der Waals surface area contributed by atoms with E-state index < -0.39 is 6.80 Å². The molecule has 0 saturated carbocycles. The summed E-state index contributed by atoms with van der Waals surface area (Å²) in [7, 11) is 0. The third-order valence-electron chi connectivity index (χ3n) is 6.36. The first kappa shape index (κ1) is 23.9. The number of hydrogen-bond donors (Lipinski definition) is 0. The fourth-order valence-corrected chi connectivity index (χ4v) is 4.33. The van der Waals surface area contributed by atoms with Crippen LogP contribution in [0, 0.1) is 11.7 Å². The van der Waals surface area contributed by atoms with Crippen LogP contribution in [0.15, 0.2) is 48.9 Å². The van der Waals surface area contributed by atoms with Crippen molar-refractivity contribution in [3.63, 3.8) is 0 Å². The normalized spacial score (nSPS) is 14.6. The Kier molecular flexibility index (Phi) is 6.69. The summed E-state index contributed by atoms with van der Waals surface area (Å²) in [5.41, 5.74) is 3.36. The lowest BCUT2D eigenvalue weighted by atomic mass is 10.1. The molecule has 186 valence electrons. The second-order valence-electron chi connectivity index (χ2n) is 9.22. The van der Waals surface area contributed by atoms with E-state index in [1.807, 2.05) is 19.9 Å². The predicted octanol–water partition coefficient (Wildman–Crippen LogP) is 4.12. The van der Waals surface area contributed by atoms with E-state index in [0.717, 1.165) is 0 Å². The van der Waals surface area contributed by atoms with Crippen LogP contribution in [0.4, 0.5) is 14.6 Å². The molecule has 0 amide bonds. The summed E-state index contributed by atoms with van der Waals surface area (Å²) in [5, 5.41) is 4.05. The van der Waals surface area contributed by atoms with Gasteiger partial charge in [0.2, 0.25) is 0 Å². The Morgan fingerprint density at radius 2 is 1.83 bits per heavy atom. The third-order valence-corrected chi connectivity index (χ3v) is 6.36. The van der Waals surface area contributed by atoms with E-state index in [4.69, 9.17) is 9.97 Å². The number of aromatic nitrogens is 5. The highest BCUT2D eigenvalue weighted by atomic mass is 19.1. The SMILES string of the molecule is CC(C)C(=O)c1cc2nc(N3CCN(Cc4ccccc4F)CC3)c(-c3cnn(CF)c3)nc2cn1. The van der Waals surface area contributed by atoms with E-state index in [9.17, 15) is 13.6 Å². The molecule has 1 fully saturated rings. The van der Waals surface area contributed by atoms with E-state index >= 15 is 0 Å². The second-order valence-corrected chi connectivity index (χ2v) is 9.22. The van der Waals surface area contributed by atoms with Crippen molar-refractivity contribution in [2.24, 2.45) is 5.92 Å². The van der Waals surface area contributed by atoms with Crippen molar-refractivity contribution in [2.45, 2.75) is 27.2 Å². The summed E-state index contributed by atoms with van der Waals surface area (Å²) in [6, 6.07) is 8.50. The Morgan fingerprint density at radius 1 is 1.06 bits per heavy atom. The van der Waals surface area contributed by atoms with Crippen LogP contribution in [0.5, 0.6) is 0 Å². The number of Topliss-reactive ketones (excluding diaryl/α,β-unsaturated/α-hetero) is 1. The van der Waals surface area contributed by atoms with Crippen LogP contribution in [-0.4, -0.2) is 61.6 Å². The Labute approximate surface area is 207 Å². The van der Waals surface area contributed by atoms with Crippen molar-refractivity contribution in [1.29, 1.82) is 0 Å². The minimum absolute atomic E-state index is 0.0599. The summed E-state index contributed by atoms with van der Waals surface area (Å²) in [6.45, 7) is 6.19. The van der Waals surface area contributed by atoms with Crippen molar-refractivity contribution in [1.82, 2.24) is 29.6 Å². The molecule has 1 aliphatic rings. The van der Waals surface area contributed by atoms with Gasteiger partial charge in [0.25, 0.3) is 0 Å². The number of rotatable bonds is 7. The van der Waals surface area contributed by atoms with Crippen molar-refractivity contribution in [3.05, 3.63) is 66.0 Å². The molecule has 0 spiro atoms. The molecule has 0 N–H and O–H groups in total. The zero-order chi connectivity index (χ0) is 25.2. The summed E-state index contributed by atoms with van der Waals surface area (Å²) >= 11 is 0. The van der Waals surface area contributed by atoms with Gasteiger partial charge in [0.1, 0.15) is 22.7 Å². The van der Waals surface area contributed by atoms with Gasteiger partial charge in [-0.15, -0.1) is 0 Å². The molecular formula is C26H27F2N7O. The molecule has 4 aromatic rings. The Bertz CT molecular complexity index is 1400. The summed E-state index contributed by atoms with van der Waals surface area (Å²) in [5.74, 6) is 0.194. The molecule has 4 heterocycles. The molecule has 0 unspecified atom stereocenters. The second kappa shape index (κ2) is 10.1.